The van der Waals surface area contributed by atoms with Gasteiger partial charge in [0, 0.05) is 39.3 Å². The SMILES string of the molecule is O=C(O)CN1CCN(CC(=O)O)CCN(CC(=O)N(CC(=O)O)CC(=O)O)CC1. The fraction of sp³-hybridized carbons (Fsp3) is 0.688. The second-order valence-corrected chi connectivity index (χ2v) is 6.65. The Balaban J connectivity index is 2.85. The smallest absolute Gasteiger partial charge is 0.323 e. The van der Waals surface area contributed by atoms with E-state index in [1.807, 2.05) is 0 Å². The maximum atomic E-state index is 12.4. The van der Waals surface area contributed by atoms with E-state index in [0.29, 0.717) is 31.1 Å². The van der Waals surface area contributed by atoms with E-state index in [9.17, 15) is 24.0 Å². The minimum atomic E-state index is -1.34. The number of hydrogen-bond acceptors (Lipinski definition) is 8. The number of carboxylic acid groups (broad SMARTS) is 4. The third-order valence-corrected chi connectivity index (χ3v) is 4.28. The maximum absolute atomic E-state index is 12.4. The molecular weight excluding hydrogens is 392 g/mol. The molecule has 13 heteroatoms. The summed E-state index contributed by atoms with van der Waals surface area (Å²) in [6, 6.07) is 0. The largest absolute Gasteiger partial charge is 0.480 e. The molecule has 0 aliphatic carbocycles. The van der Waals surface area contributed by atoms with E-state index >= 15 is 0 Å². The van der Waals surface area contributed by atoms with Crippen molar-refractivity contribution in [2.75, 3.05) is 72.0 Å². The van der Waals surface area contributed by atoms with Crippen molar-refractivity contribution in [3.05, 3.63) is 0 Å². The number of rotatable bonds is 10. The highest BCUT2D eigenvalue weighted by Gasteiger charge is 2.24. The molecule has 1 rings (SSSR count). The molecular formula is C16H26N4O9. The summed E-state index contributed by atoms with van der Waals surface area (Å²) in [6.45, 7) is -0.401. The Hall–Kier alpha value is -2.77. The van der Waals surface area contributed by atoms with Gasteiger partial charge in [-0.1, -0.05) is 0 Å². The molecule has 0 atom stereocenters. The van der Waals surface area contributed by atoms with Gasteiger partial charge in [0.1, 0.15) is 13.1 Å². The van der Waals surface area contributed by atoms with Crippen LogP contribution >= 0.6 is 0 Å². The van der Waals surface area contributed by atoms with Gasteiger partial charge >= 0.3 is 23.9 Å². The summed E-state index contributed by atoms with van der Waals surface area (Å²) in [5.41, 5.74) is 0. The van der Waals surface area contributed by atoms with Crippen LogP contribution in [0, 0.1) is 0 Å². The van der Waals surface area contributed by atoms with Gasteiger partial charge in [0.25, 0.3) is 0 Å². The predicted molar refractivity (Wildman–Crippen MR) is 96.4 cm³/mol. The Kier molecular flexibility index (Phi) is 9.99. The number of carbonyl (C=O) groups excluding carboxylic acids is 1. The average molecular weight is 418 g/mol. The van der Waals surface area contributed by atoms with Crippen LogP contribution in [-0.2, 0) is 24.0 Å². The van der Waals surface area contributed by atoms with Gasteiger partial charge in [-0.05, 0) is 0 Å². The zero-order valence-corrected chi connectivity index (χ0v) is 15.9. The lowest BCUT2D eigenvalue weighted by Gasteiger charge is -2.27. The molecule has 0 unspecified atom stereocenters. The highest BCUT2D eigenvalue weighted by atomic mass is 16.4. The van der Waals surface area contributed by atoms with Gasteiger partial charge in [0.2, 0.25) is 5.91 Å². The molecule has 29 heavy (non-hydrogen) atoms. The normalized spacial score (nSPS) is 17.0. The summed E-state index contributed by atoms with van der Waals surface area (Å²) in [7, 11) is 0. The second kappa shape index (κ2) is 11.9. The van der Waals surface area contributed by atoms with E-state index in [1.165, 1.54) is 0 Å². The van der Waals surface area contributed by atoms with Crippen LogP contribution in [-0.4, -0.2) is 142 Å². The van der Waals surface area contributed by atoms with Crippen molar-refractivity contribution in [2.24, 2.45) is 0 Å². The van der Waals surface area contributed by atoms with Gasteiger partial charge in [0.05, 0.1) is 19.6 Å². The van der Waals surface area contributed by atoms with Crippen molar-refractivity contribution in [1.82, 2.24) is 19.6 Å². The lowest BCUT2D eigenvalue weighted by atomic mass is 10.3. The van der Waals surface area contributed by atoms with Gasteiger partial charge in [-0.3, -0.25) is 38.7 Å². The summed E-state index contributed by atoms with van der Waals surface area (Å²) in [5.74, 6) is -5.45. The number of hydrogen-bond donors (Lipinski definition) is 4. The van der Waals surface area contributed by atoms with Crippen molar-refractivity contribution < 1.29 is 44.4 Å². The van der Waals surface area contributed by atoms with Crippen molar-refractivity contribution >= 4 is 29.8 Å². The highest BCUT2D eigenvalue weighted by molar-refractivity contribution is 5.86. The fourth-order valence-electron chi connectivity index (χ4n) is 2.89. The summed E-state index contributed by atoms with van der Waals surface area (Å²) < 4.78 is 0. The first-order valence-corrected chi connectivity index (χ1v) is 8.88. The van der Waals surface area contributed by atoms with Gasteiger partial charge in [0.15, 0.2) is 0 Å². The van der Waals surface area contributed by atoms with Crippen LogP contribution in [0.5, 0.6) is 0 Å². The van der Waals surface area contributed by atoms with Crippen LogP contribution < -0.4 is 0 Å². The van der Waals surface area contributed by atoms with Crippen LogP contribution in [0.4, 0.5) is 0 Å². The van der Waals surface area contributed by atoms with Crippen LogP contribution in [0.15, 0.2) is 0 Å². The maximum Gasteiger partial charge on any atom is 0.323 e. The Morgan fingerprint density at radius 1 is 0.552 bits per heavy atom. The Morgan fingerprint density at radius 3 is 1.14 bits per heavy atom. The van der Waals surface area contributed by atoms with E-state index in [-0.39, 0.29) is 32.7 Å². The topological polar surface area (TPSA) is 179 Å². The number of carbonyl (C=O) groups is 5. The van der Waals surface area contributed by atoms with E-state index in [4.69, 9.17) is 20.4 Å². The molecule has 1 saturated heterocycles. The van der Waals surface area contributed by atoms with Gasteiger partial charge in [-0.2, -0.15) is 0 Å². The molecule has 1 amide bonds. The van der Waals surface area contributed by atoms with Crippen molar-refractivity contribution in [2.45, 2.75) is 0 Å². The first-order chi connectivity index (χ1) is 13.6. The molecule has 1 heterocycles. The van der Waals surface area contributed by atoms with Crippen LogP contribution in [0.2, 0.25) is 0 Å². The quantitative estimate of drug-likeness (QED) is 0.284. The molecule has 1 aliphatic heterocycles. The lowest BCUT2D eigenvalue weighted by Crippen LogP contribution is -2.47. The van der Waals surface area contributed by atoms with Crippen LogP contribution in [0.25, 0.3) is 0 Å². The molecule has 4 N–H and O–H groups in total. The zero-order valence-electron chi connectivity index (χ0n) is 15.9. The van der Waals surface area contributed by atoms with Crippen LogP contribution in [0.3, 0.4) is 0 Å². The molecule has 0 aromatic heterocycles. The first kappa shape index (κ1) is 24.3. The molecule has 0 aromatic carbocycles. The van der Waals surface area contributed by atoms with Crippen molar-refractivity contribution in [3.63, 3.8) is 0 Å². The molecule has 0 spiro atoms. The molecule has 1 fully saturated rings. The van der Waals surface area contributed by atoms with Crippen molar-refractivity contribution in [1.29, 1.82) is 0 Å². The Bertz CT molecular complexity index is 584. The summed E-state index contributed by atoms with van der Waals surface area (Å²) in [4.78, 5) is 61.9. The standard InChI is InChI=1S/C16H26N4O9/c21-12(20(10-15(26)27)11-16(28)29)7-17-1-3-18(8-13(22)23)5-6-19(4-2-17)9-14(24)25/h1-11H2,(H,22,23)(H,24,25)(H,26,27)(H,28,29). The van der Waals surface area contributed by atoms with E-state index in [0.717, 1.165) is 0 Å². The second-order valence-electron chi connectivity index (χ2n) is 6.65. The summed E-state index contributed by atoms with van der Waals surface area (Å²) in [5, 5.41) is 35.8. The average Bonchev–Trinajstić information content (AvgIpc) is 2.65. The van der Waals surface area contributed by atoms with Gasteiger partial charge in [-0.15, -0.1) is 0 Å². The molecule has 0 saturated carbocycles. The molecule has 164 valence electrons. The third-order valence-electron chi connectivity index (χ3n) is 4.28. The van der Waals surface area contributed by atoms with E-state index in [2.05, 4.69) is 0 Å². The Morgan fingerprint density at radius 2 is 0.862 bits per heavy atom. The summed E-state index contributed by atoms with van der Waals surface area (Å²) >= 11 is 0. The molecule has 13 nitrogen and oxygen atoms in total. The number of carboxylic acids is 4. The molecule has 0 aromatic rings. The van der Waals surface area contributed by atoms with Gasteiger partial charge < -0.3 is 25.3 Å². The van der Waals surface area contributed by atoms with Crippen LogP contribution in [0.1, 0.15) is 0 Å². The minimum absolute atomic E-state index is 0.243. The fourth-order valence-corrected chi connectivity index (χ4v) is 2.89. The molecule has 0 bridgehead atoms. The third kappa shape index (κ3) is 10.4. The predicted octanol–water partition coefficient (Wildman–Crippen LogP) is -2.93. The minimum Gasteiger partial charge on any atom is -0.480 e. The van der Waals surface area contributed by atoms with E-state index in [1.54, 1.807) is 14.7 Å². The first-order valence-electron chi connectivity index (χ1n) is 8.88. The van der Waals surface area contributed by atoms with Gasteiger partial charge in [-0.25, -0.2) is 0 Å². The molecule has 0 radical (unpaired) electrons. The zero-order chi connectivity index (χ0) is 22.0. The number of aliphatic carboxylic acids is 4. The number of amides is 1. The van der Waals surface area contributed by atoms with E-state index < -0.39 is 42.9 Å². The Labute approximate surface area is 166 Å². The monoisotopic (exact) mass is 418 g/mol. The summed E-state index contributed by atoms with van der Waals surface area (Å²) in [6.07, 6.45) is 0. The molecule has 1 aliphatic rings. The lowest BCUT2D eigenvalue weighted by molar-refractivity contribution is -0.149. The number of nitrogens with zero attached hydrogens (tertiary/aromatic N) is 4. The highest BCUT2D eigenvalue weighted by Crippen LogP contribution is 2.03. The van der Waals surface area contributed by atoms with Crippen molar-refractivity contribution in [3.8, 4) is 0 Å².